The smallest absolute Gasteiger partial charge is 0.311 e. The Morgan fingerprint density at radius 3 is 1.80 bits per heavy atom. The average Bonchev–Trinajstić information content (AvgIpc) is 2.20. The summed E-state index contributed by atoms with van der Waals surface area (Å²) in [4.78, 5) is 21.4. The van der Waals surface area contributed by atoms with E-state index in [-0.39, 0.29) is 0 Å². The Morgan fingerprint density at radius 2 is 1.55 bits per heavy atom. The van der Waals surface area contributed by atoms with Gasteiger partial charge >= 0.3 is 12.3 Å². The summed E-state index contributed by atoms with van der Waals surface area (Å²) in [5.41, 5.74) is -2.81. The fraction of sp³-hybridized carbons (Fsp3) is 0.667. The molecule has 0 rings (SSSR count). The first kappa shape index (κ1) is 18.4. The minimum absolute atomic E-state index is 0.605. The minimum Gasteiger partial charge on any atom is -0.550 e. The molecule has 0 bridgehead atoms. The van der Waals surface area contributed by atoms with E-state index in [1.807, 2.05) is 0 Å². The third-order valence-corrected chi connectivity index (χ3v) is 2.57. The lowest BCUT2D eigenvalue weighted by molar-refractivity contribution is -0.309. The molecular weight excluding hydrogens is 284 g/mol. The van der Waals surface area contributed by atoms with E-state index in [1.54, 1.807) is 0 Å². The maximum Gasteiger partial charge on any atom is 0.311 e. The number of aliphatic carboxylic acids is 2. The molecular formula is C12H14F4O4-2. The van der Waals surface area contributed by atoms with Crippen LogP contribution in [0.25, 0.3) is 0 Å². The molecule has 0 saturated heterocycles. The number of carbonyl (C=O) groups excluding carboxylic acids is 2. The molecule has 0 aromatic rings. The molecule has 0 radical (unpaired) electrons. The predicted molar refractivity (Wildman–Crippen MR) is 56.7 cm³/mol. The molecule has 0 fully saturated rings. The van der Waals surface area contributed by atoms with Gasteiger partial charge in [-0.05, 0) is 11.0 Å². The third kappa shape index (κ3) is 5.18. The van der Waals surface area contributed by atoms with Gasteiger partial charge in [-0.15, -0.1) is 0 Å². The predicted octanol–water partition coefficient (Wildman–Crippen LogP) is 0.509. The van der Waals surface area contributed by atoms with Crippen molar-refractivity contribution in [2.75, 3.05) is 0 Å². The molecule has 116 valence electrons. The summed E-state index contributed by atoms with van der Waals surface area (Å²) in [7, 11) is 0. The first-order valence-electron chi connectivity index (χ1n) is 5.58. The van der Waals surface area contributed by atoms with E-state index >= 15 is 0 Å². The van der Waals surface area contributed by atoms with Gasteiger partial charge in [-0.25, -0.2) is 8.78 Å². The molecule has 0 N–H and O–H groups in total. The van der Waals surface area contributed by atoms with E-state index in [0.29, 0.717) is 0 Å². The zero-order chi connectivity index (χ0) is 16.3. The van der Waals surface area contributed by atoms with Gasteiger partial charge in [0.2, 0.25) is 0 Å². The number of rotatable bonds is 6. The van der Waals surface area contributed by atoms with Crippen LogP contribution < -0.4 is 10.2 Å². The van der Waals surface area contributed by atoms with E-state index in [4.69, 9.17) is 0 Å². The lowest BCUT2D eigenvalue weighted by Gasteiger charge is -2.30. The zero-order valence-electron chi connectivity index (χ0n) is 11.1. The van der Waals surface area contributed by atoms with E-state index in [9.17, 15) is 37.4 Å². The summed E-state index contributed by atoms with van der Waals surface area (Å²) in [6.07, 6.45) is -6.75. The van der Waals surface area contributed by atoms with Gasteiger partial charge in [-0.2, -0.15) is 8.78 Å². The SMILES string of the molecule is CC(C)(C)C(CC(F)(F)C(F)F)=C(CC(=O)[O-])C(=O)[O-]. The van der Waals surface area contributed by atoms with Gasteiger partial charge in [0, 0.05) is 18.8 Å². The largest absolute Gasteiger partial charge is 0.550 e. The maximum atomic E-state index is 13.1. The van der Waals surface area contributed by atoms with Gasteiger partial charge in [-0.1, -0.05) is 26.3 Å². The van der Waals surface area contributed by atoms with Crippen molar-refractivity contribution in [2.24, 2.45) is 5.41 Å². The molecule has 0 spiro atoms. The second-order valence-electron chi connectivity index (χ2n) is 5.28. The Kier molecular flexibility index (Phi) is 5.73. The second kappa shape index (κ2) is 6.23. The summed E-state index contributed by atoms with van der Waals surface area (Å²) in [5, 5.41) is 21.4. The summed E-state index contributed by atoms with van der Waals surface area (Å²) in [6, 6.07) is 0. The molecule has 8 heteroatoms. The molecule has 0 aliphatic carbocycles. The molecule has 0 aliphatic rings. The second-order valence-corrected chi connectivity index (χ2v) is 5.28. The molecule has 0 heterocycles. The Hall–Kier alpha value is -1.60. The van der Waals surface area contributed by atoms with Crippen molar-refractivity contribution in [1.82, 2.24) is 0 Å². The summed E-state index contributed by atoms with van der Waals surface area (Å²) in [6.45, 7) is 3.92. The number of hydrogen-bond donors (Lipinski definition) is 0. The highest BCUT2D eigenvalue weighted by molar-refractivity contribution is 5.91. The fourth-order valence-corrected chi connectivity index (χ4v) is 1.58. The number of hydrogen-bond acceptors (Lipinski definition) is 4. The van der Waals surface area contributed by atoms with Crippen molar-refractivity contribution in [3.8, 4) is 0 Å². The van der Waals surface area contributed by atoms with Gasteiger partial charge in [-0.3, -0.25) is 0 Å². The van der Waals surface area contributed by atoms with Crippen LogP contribution in [-0.4, -0.2) is 24.3 Å². The number of carbonyl (C=O) groups is 2. The standard InChI is InChI=1S/C12H16F4O4/c1-11(2,3)7(5-12(15,16)10(13)14)6(9(19)20)4-8(17)18/h10H,4-5H2,1-3H3,(H,17,18)(H,19,20)/p-2. The van der Waals surface area contributed by atoms with Crippen molar-refractivity contribution < 1.29 is 37.4 Å². The van der Waals surface area contributed by atoms with E-state index < -0.39 is 53.7 Å². The highest BCUT2D eigenvalue weighted by atomic mass is 19.3. The van der Waals surface area contributed by atoms with Gasteiger partial charge in [0.05, 0.1) is 5.97 Å². The van der Waals surface area contributed by atoms with Crippen LogP contribution in [0.3, 0.4) is 0 Å². The molecule has 4 nitrogen and oxygen atoms in total. The van der Waals surface area contributed by atoms with Crippen LogP contribution in [0.15, 0.2) is 11.1 Å². The summed E-state index contributed by atoms with van der Waals surface area (Å²) in [5.74, 6) is -8.29. The van der Waals surface area contributed by atoms with Crippen molar-refractivity contribution in [3.63, 3.8) is 0 Å². The maximum absolute atomic E-state index is 13.1. The number of carboxylic acids is 2. The fourth-order valence-electron chi connectivity index (χ4n) is 1.58. The Bertz CT molecular complexity index is 422. The van der Waals surface area contributed by atoms with Crippen LogP contribution in [0.4, 0.5) is 17.6 Å². The molecule has 0 atom stereocenters. The van der Waals surface area contributed by atoms with E-state index in [1.165, 1.54) is 20.8 Å². The van der Waals surface area contributed by atoms with Gasteiger partial charge in [0.25, 0.3) is 0 Å². The Morgan fingerprint density at radius 1 is 1.10 bits per heavy atom. The minimum atomic E-state index is -4.46. The van der Waals surface area contributed by atoms with Crippen LogP contribution in [0, 0.1) is 5.41 Å². The Balaban J connectivity index is 5.87. The van der Waals surface area contributed by atoms with Gasteiger partial charge in [0.15, 0.2) is 0 Å². The van der Waals surface area contributed by atoms with Crippen LogP contribution in [0.5, 0.6) is 0 Å². The lowest BCUT2D eigenvalue weighted by Crippen LogP contribution is -2.36. The molecule has 20 heavy (non-hydrogen) atoms. The van der Waals surface area contributed by atoms with Crippen molar-refractivity contribution in [1.29, 1.82) is 0 Å². The zero-order valence-corrected chi connectivity index (χ0v) is 11.1. The van der Waals surface area contributed by atoms with Crippen LogP contribution in [-0.2, 0) is 9.59 Å². The number of carboxylic acid groups (broad SMARTS) is 2. The summed E-state index contributed by atoms with van der Waals surface area (Å²) < 4.78 is 50.7. The average molecular weight is 298 g/mol. The van der Waals surface area contributed by atoms with Gasteiger partial charge < -0.3 is 19.8 Å². The van der Waals surface area contributed by atoms with Crippen LogP contribution >= 0.6 is 0 Å². The first-order valence-corrected chi connectivity index (χ1v) is 5.58. The normalized spacial score (nSPS) is 14.2. The van der Waals surface area contributed by atoms with Crippen molar-refractivity contribution in [2.45, 2.75) is 46.0 Å². The molecule has 0 aromatic heterocycles. The molecule has 0 unspecified atom stereocenters. The Labute approximate surface area is 113 Å². The van der Waals surface area contributed by atoms with Crippen molar-refractivity contribution in [3.05, 3.63) is 11.1 Å². The monoisotopic (exact) mass is 298 g/mol. The third-order valence-electron chi connectivity index (χ3n) is 2.57. The molecule has 0 aliphatic heterocycles. The van der Waals surface area contributed by atoms with Gasteiger partial charge in [0.1, 0.15) is 0 Å². The van der Waals surface area contributed by atoms with Crippen LogP contribution in [0.1, 0.15) is 33.6 Å². The summed E-state index contributed by atoms with van der Waals surface area (Å²) >= 11 is 0. The highest BCUT2D eigenvalue weighted by Gasteiger charge is 2.43. The molecule has 0 aromatic carbocycles. The van der Waals surface area contributed by atoms with E-state index in [0.717, 1.165) is 0 Å². The number of allylic oxidation sites excluding steroid dienone is 1. The first-order chi connectivity index (χ1) is 8.79. The number of halogens is 4. The quantitative estimate of drug-likeness (QED) is 0.528. The number of alkyl halides is 4. The lowest BCUT2D eigenvalue weighted by atomic mass is 9.79. The topological polar surface area (TPSA) is 80.3 Å². The molecule has 0 amide bonds. The molecule has 0 saturated carbocycles. The van der Waals surface area contributed by atoms with Crippen molar-refractivity contribution >= 4 is 11.9 Å². The van der Waals surface area contributed by atoms with Crippen LogP contribution in [0.2, 0.25) is 0 Å². The van der Waals surface area contributed by atoms with E-state index in [2.05, 4.69) is 0 Å². The highest BCUT2D eigenvalue weighted by Crippen LogP contribution is 2.39.